The second-order valence-corrected chi connectivity index (χ2v) is 2.71. The van der Waals surface area contributed by atoms with E-state index in [1.165, 1.54) is 6.20 Å². The van der Waals surface area contributed by atoms with Crippen molar-refractivity contribution in [3.8, 4) is 0 Å². The average Bonchev–Trinajstić information content (AvgIpc) is 2.35. The summed E-state index contributed by atoms with van der Waals surface area (Å²) in [5, 5.41) is 13.5. The lowest BCUT2D eigenvalue weighted by molar-refractivity contribution is 0.157. The van der Waals surface area contributed by atoms with Gasteiger partial charge in [-0.3, -0.25) is 4.68 Å². The van der Waals surface area contributed by atoms with Crippen LogP contribution >= 0.6 is 11.6 Å². The van der Waals surface area contributed by atoms with Gasteiger partial charge in [-0.25, -0.2) is 0 Å². The molecule has 62 valence electrons. The largest absolute Gasteiger partial charge is 0.390 e. The maximum atomic E-state index is 9.09. The summed E-state index contributed by atoms with van der Waals surface area (Å²) in [6.07, 6.45) is 2.61. The first-order valence-electron chi connectivity index (χ1n) is 3.28. The molecular weight excluding hydrogens is 166 g/mol. The molecule has 1 heterocycles. The van der Waals surface area contributed by atoms with E-state index in [4.69, 9.17) is 22.4 Å². The monoisotopic (exact) mass is 175 g/mol. The molecule has 0 saturated carbocycles. The molecule has 0 aliphatic heterocycles. The maximum Gasteiger partial charge on any atom is 0.0857 e. The third-order valence-corrected chi connectivity index (χ3v) is 1.47. The molecule has 1 unspecified atom stereocenters. The Hall–Kier alpha value is -0.580. The lowest BCUT2D eigenvalue weighted by Crippen LogP contribution is -2.25. The van der Waals surface area contributed by atoms with Crippen LogP contribution in [0, 0.1) is 0 Å². The van der Waals surface area contributed by atoms with Crippen molar-refractivity contribution >= 4 is 11.6 Å². The van der Waals surface area contributed by atoms with Crippen LogP contribution in [0.15, 0.2) is 12.4 Å². The Morgan fingerprint density at radius 3 is 3.00 bits per heavy atom. The zero-order chi connectivity index (χ0) is 8.27. The van der Waals surface area contributed by atoms with Gasteiger partial charge in [-0.1, -0.05) is 11.6 Å². The first kappa shape index (κ1) is 8.52. The fourth-order valence-corrected chi connectivity index (χ4v) is 0.885. The van der Waals surface area contributed by atoms with Crippen molar-refractivity contribution in [3.05, 3.63) is 17.4 Å². The Kier molecular flexibility index (Phi) is 2.87. The van der Waals surface area contributed by atoms with Gasteiger partial charge in [-0.15, -0.1) is 0 Å². The molecule has 1 aromatic rings. The lowest BCUT2D eigenvalue weighted by Gasteiger charge is -2.06. The summed E-state index contributed by atoms with van der Waals surface area (Å²) in [4.78, 5) is 0. The van der Waals surface area contributed by atoms with Gasteiger partial charge in [-0.2, -0.15) is 5.10 Å². The number of nitrogens with zero attached hydrogens (tertiary/aromatic N) is 2. The first-order valence-corrected chi connectivity index (χ1v) is 3.66. The first-order chi connectivity index (χ1) is 5.22. The summed E-state index contributed by atoms with van der Waals surface area (Å²) in [5.74, 6) is 0. The molecule has 0 aliphatic carbocycles. The molecule has 3 N–H and O–H groups in total. The number of nitrogens with two attached hydrogens (primary N) is 1. The Balaban J connectivity index is 2.50. The van der Waals surface area contributed by atoms with E-state index in [1.807, 2.05) is 0 Å². The summed E-state index contributed by atoms with van der Waals surface area (Å²) in [6, 6.07) is 0. The highest BCUT2D eigenvalue weighted by Crippen LogP contribution is 2.04. The van der Waals surface area contributed by atoms with Gasteiger partial charge in [0, 0.05) is 12.7 Å². The topological polar surface area (TPSA) is 64.1 Å². The van der Waals surface area contributed by atoms with Crippen LogP contribution in [0.1, 0.15) is 0 Å². The third-order valence-electron chi connectivity index (χ3n) is 1.27. The summed E-state index contributed by atoms with van der Waals surface area (Å²) < 4.78 is 1.56. The molecule has 4 nitrogen and oxygen atoms in total. The molecule has 0 aliphatic rings. The van der Waals surface area contributed by atoms with Gasteiger partial charge in [-0.05, 0) is 0 Å². The van der Waals surface area contributed by atoms with E-state index in [0.29, 0.717) is 11.6 Å². The Morgan fingerprint density at radius 1 is 1.82 bits per heavy atom. The molecule has 5 heteroatoms. The maximum absolute atomic E-state index is 9.09. The van der Waals surface area contributed by atoms with Crippen LogP contribution in [0.25, 0.3) is 0 Å². The van der Waals surface area contributed by atoms with Gasteiger partial charge in [0.05, 0.1) is 23.9 Å². The molecule has 0 aromatic carbocycles. The summed E-state index contributed by atoms with van der Waals surface area (Å²) >= 11 is 5.59. The van der Waals surface area contributed by atoms with Crippen LogP contribution in [-0.4, -0.2) is 27.5 Å². The number of hydrogen-bond acceptors (Lipinski definition) is 3. The van der Waals surface area contributed by atoms with Gasteiger partial charge in [0.2, 0.25) is 0 Å². The molecule has 0 amide bonds. The third kappa shape index (κ3) is 2.49. The van der Waals surface area contributed by atoms with E-state index >= 15 is 0 Å². The fourth-order valence-electron chi connectivity index (χ4n) is 0.729. The molecular formula is C6H10ClN3O. The standard InChI is InChI=1S/C6H10ClN3O/c7-5-2-9-10(3-5)4-6(11)1-8/h2-3,6,11H,1,4,8H2. The molecule has 1 aromatic heterocycles. The minimum atomic E-state index is -0.550. The number of halogens is 1. The Labute approximate surface area is 69.6 Å². The molecule has 0 spiro atoms. The number of hydrogen-bond donors (Lipinski definition) is 2. The number of aliphatic hydroxyl groups excluding tert-OH is 1. The number of rotatable bonds is 3. The van der Waals surface area contributed by atoms with Crippen LogP contribution in [-0.2, 0) is 6.54 Å². The molecule has 0 saturated heterocycles. The molecule has 11 heavy (non-hydrogen) atoms. The minimum absolute atomic E-state index is 0.234. The van der Waals surface area contributed by atoms with Crippen molar-refractivity contribution in [1.29, 1.82) is 0 Å². The zero-order valence-electron chi connectivity index (χ0n) is 5.94. The van der Waals surface area contributed by atoms with Crippen molar-refractivity contribution in [2.45, 2.75) is 12.6 Å². The molecule has 0 radical (unpaired) electrons. The average molecular weight is 176 g/mol. The Bertz CT molecular complexity index is 225. The van der Waals surface area contributed by atoms with E-state index < -0.39 is 6.10 Å². The normalized spacial score (nSPS) is 13.4. The van der Waals surface area contributed by atoms with Crippen molar-refractivity contribution < 1.29 is 5.11 Å². The minimum Gasteiger partial charge on any atom is -0.390 e. The van der Waals surface area contributed by atoms with Crippen molar-refractivity contribution in [2.24, 2.45) is 5.73 Å². The van der Waals surface area contributed by atoms with Crippen LogP contribution in [0.3, 0.4) is 0 Å². The quantitative estimate of drug-likeness (QED) is 0.672. The van der Waals surface area contributed by atoms with Gasteiger partial charge >= 0.3 is 0 Å². The molecule has 1 rings (SSSR count). The highest BCUT2D eigenvalue weighted by Gasteiger charge is 2.02. The predicted molar refractivity (Wildman–Crippen MR) is 42.3 cm³/mol. The van der Waals surface area contributed by atoms with E-state index in [0.717, 1.165) is 0 Å². The molecule has 0 bridgehead atoms. The second-order valence-electron chi connectivity index (χ2n) is 2.27. The van der Waals surface area contributed by atoms with E-state index in [2.05, 4.69) is 5.10 Å². The SMILES string of the molecule is NCC(O)Cn1cc(Cl)cn1. The highest BCUT2D eigenvalue weighted by molar-refractivity contribution is 6.30. The van der Waals surface area contributed by atoms with Crippen molar-refractivity contribution in [1.82, 2.24) is 9.78 Å². The van der Waals surface area contributed by atoms with Gasteiger partial charge in [0.15, 0.2) is 0 Å². The lowest BCUT2D eigenvalue weighted by atomic mass is 10.4. The van der Waals surface area contributed by atoms with E-state index in [-0.39, 0.29) is 6.54 Å². The Morgan fingerprint density at radius 2 is 2.55 bits per heavy atom. The molecule has 1 atom stereocenters. The molecule has 0 fully saturated rings. The smallest absolute Gasteiger partial charge is 0.0857 e. The fraction of sp³-hybridized carbons (Fsp3) is 0.500. The predicted octanol–water partition coefficient (Wildman–Crippen LogP) is -0.144. The van der Waals surface area contributed by atoms with Crippen LogP contribution in [0.5, 0.6) is 0 Å². The van der Waals surface area contributed by atoms with E-state index in [1.54, 1.807) is 10.9 Å². The number of aliphatic hydroxyl groups is 1. The van der Waals surface area contributed by atoms with Crippen molar-refractivity contribution in [2.75, 3.05) is 6.54 Å². The zero-order valence-corrected chi connectivity index (χ0v) is 6.70. The van der Waals surface area contributed by atoms with E-state index in [9.17, 15) is 0 Å². The summed E-state index contributed by atoms with van der Waals surface area (Å²) in [7, 11) is 0. The number of aromatic nitrogens is 2. The van der Waals surface area contributed by atoms with Gasteiger partial charge in [0.25, 0.3) is 0 Å². The van der Waals surface area contributed by atoms with Crippen LogP contribution in [0.4, 0.5) is 0 Å². The summed E-state index contributed by atoms with van der Waals surface area (Å²) in [5.41, 5.74) is 5.20. The van der Waals surface area contributed by atoms with Crippen LogP contribution < -0.4 is 5.73 Å². The van der Waals surface area contributed by atoms with Crippen LogP contribution in [0.2, 0.25) is 5.02 Å². The second kappa shape index (κ2) is 3.71. The van der Waals surface area contributed by atoms with Gasteiger partial charge < -0.3 is 10.8 Å². The summed E-state index contributed by atoms with van der Waals surface area (Å²) in [6.45, 7) is 0.626. The van der Waals surface area contributed by atoms with Crippen molar-refractivity contribution in [3.63, 3.8) is 0 Å². The van der Waals surface area contributed by atoms with Gasteiger partial charge in [0.1, 0.15) is 0 Å². The highest BCUT2D eigenvalue weighted by atomic mass is 35.5.